The van der Waals surface area contributed by atoms with Crippen LogP contribution in [0.5, 0.6) is 0 Å². The average molecular weight is 256 g/mol. The predicted octanol–water partition coefficient (Wildman–Crippen LogP) is 3.91. The van der Waals surface area contributed by atoms with E-state index in [1.165, 1.54) is 38.8 Å². The molecule has 2 unspecified atom stereocenters. The lowest BCUT2D eigenvalue weighted by Gasteiger charge is -2.38. The number of hydrogen-bond acceptors (Lipinski definition) is 2. The van der Waals surface area contributed by atoms with Crippen LogP contribution in [0.2, 0.25) is 0 Å². The Morgan fingerprint density at radius 1 is 1.17 bits per heavy atom. The lowest BCUT2D eigenvalue weighted by molar-refractivity contribution is 0.116. The monoisotopic (exact) mass is 256 g/mol. The summed E-state index contributed by atoms with van der Waals surface area (Å²) in [4.78, 5) is 2.70. The maximum absolute atomic E-state index is 3.53. The first-order valence-corrected chi connectivity index (χ1v) is 7.97. The molecule has 0 saturated heterocycles. The predicted molar refractivity (Wildman–Crippen MR) is 83.2 cm³/mol. The smallest absolute Gasteiger partial charge is 0.00645 e. The molecule has 0 bridgehead atoms. The highest BCUT2D eigenvalue weighted by Crippen LogP contribution is 2.23. The Morgan fingerprint density at radius 3 is 2.28 bits per heavy atom. The molecule has 0 aromatic rings. The fourth-order valence-electron chi connectivity index (χ4n) is 2.28. The van der Waals surface area contributed by atoms with E-state index < -0.39 is 0 Å². The topological polar surface area (TPSA) is 15.3 Å². The zero-order valence-electron chi connectivity index (χ0n) is 13.7. The van der Waals surface area contributed by atoms with Crippen molar-refractivity contribution in [1.29, 1.82) is 0 Å². The highest BCUT2D eigenvalue weighted by molar-refractivity contribution is 4.81. The van der Waals surface area contributed by atoms with Gasteiger partial charge >= 0.3 is 0 Å². The summed E-state index contributed by atoms with van der Waals surface area (Å²) in [7, 11) is 0. The van der Waals surface area contributed by atoms with Gasteiger partial charge in [-0.2, -0.15) is 0 Å². The molecular formula is C16H36N2. The third-order valence-electron chi connectivity index (χ3n) is 4.25. The quantitative estimate of drug-likeness (QED) is 0.603. The van der Waals surface area contributed by atoms with Crippen LogP contribution in [0, 0.1) is 5.41 Å². The molecule has 0 fully saturated rings. The van der Waals surface area contributed by atoms with Crippen LogP contribution in [0.15, 0.2) is 0 Å². The van der Waals surface area contributed by atoms with E-state index in [9.17, 15) is 0 Å². The molecule has 0 aromatic heterocycles. The molecule has 0 spiro atoms. The van der Waals surface area contributed by atoms with Crippen molar-refractivity contribution in [2.24, 2.45) is 5.41 Å². The number of nitrogens with zero attached hydrogens (tertiary/aromatic N) is 1. The van der Waals surface area contributed by atoms with Crippen LogP contribution in [0.3, 0.4) is 0 Å². The molecule has 2 nitrogen and oxygen atoms in total. The van der Waals surface area contributed by atoms with Gasteiger partial charge in [0.1, 0.15) is 0 Å². The standard InChI is InChI=1S/C16H36N2/c1-7-11-12-18(15(5)8-2)14-16(6,9-3)13-17-10-4/h15,17H,7-14H2,1-6H3. The SMILES string of the molecule is CCCCN(CC(C)(CC)CNCC)C(C)CC. The Hall–Kier alpha value is -0.0800. The second-order valence-corrected chi connectivity index (χ2v) is 6.03. The normalized spacial score (nSPS) is 16.8. The van der Waals surface area contributed by atoms with Crippen LogP contribution in [-0.4, -0.2) is 37.1 Å². The summed E-state index contributed by atoms with van der Waals surface area (Å²) in [6.45, 7) is 18.6. The molecule has 0 aromatic carbocycles. The van der Waals surface area contributed by atoms with Crippen molar-refractivity contribution in [3.8, 4) is 0 Å². The molecule has 0 aliphatic carbocycles. The molecule has 0 saturated carbocycles. The molecular weight excluding hydrogens is 220 g/mol. The first kappa shape index (κ1) is 17.9. The Labute approximate surface area is 116 Å². The van der Waals surface area contributed by atoms with E-state index >= 15 is 0 Å². The molecule has 0 amide bonds. The van der Waals surface area contributed by atoms with Crippen molar-refractivity contribution in [1.82, 2.24) is 10.2 Å². The van der Waals surface area contributed by atoms with E-state index in [0.29, 0.717) is 11.5 Å². The molecule has 0 radical (unpaired) electrons. The van der Waals surface area contributed by atoms with Crippen LogP contribution in [0.25, 0.3) is 0 Å². The number of rotatable bonds is 11. The molecule has 0 aliphatic heterocycles. The van der Waals surface area contributed by atoms with Crippen molar-refractivity contribution in [2.75, 3.05) is 26.2 Å². The summed E-state index contributed by atoms with van der Waals surface area (Å²) in [6, 6.07) is 0.712. The molecule has 0 aliphatic rings. The number of hydrogen-bond donors (Lipinski definition) is 1. The Bertz CT molecular complexity index is 194. The number of nitrogens with one attached hydrogen (secondary N) is 1. The van der Waals surface area contributed by atoms with E-state index in [1.807, 2.05) is 0 Å². The first-order chi connectivity index (χ1) is 8.52. The highest BCUT2D eigenvalue weighted by Gasteiger charge is 2.26. The van der Waals surface area contributed by atoms with E-state index in [1.54, 1.807) is 0 Å². The summed E-state index contributed by atoms with van der Waals surface area (Å²) < 4.78 is 0. The van der Waals surface area contributed by atoms with Crippen molar-refractivity contribution >= 4 is 0 Å². The van der Waals surface area contributed by atoms with Crippen molar-refractivity contribution in [3.63, 3.8) is 0 Å². The lowest BCUT2D eigenvalue weighted by Crippen LogP contribution is -2.45. The van der Waals surface area contributed by atoms with Gasteiger partial charge in [-0.15, -0.1) is 0 Å². The molecule has 2 atom stereocenters. The molecule has 18 heavy (non-hydrogen) atoms. The van der Waals surface area contributed by atoms with Gasteiger partial charge in [-0.25, -0.2) is 0 Å². The Morgan fingerprint density at radius 2 is 1.83 bits per heavy atom. The minimum atomic E-state index is 0.410. The average Bonchev–Trinajstić information content (AvgIpc) is 2.40. The van der Waals surface area contributed by atoms with Gasteiger partial charge in [-0.05, 0) is 44.7 Å². The van der Waals surface area contributed by atoms with Crippen molar-refractivity contribution in [2.45, 2.75) is 73.3 Å². The molecule has 0 heterocycles. The first-order valence-electron chi connectivity index (χ1n) is 7.97. The van der Waals surface area contributed by atoms with Crippen molar-refractivity contribution < 1.29 is 0 Å². The van der Waals surface area contributed by atoms with Gasteiger partial charge in [-0.1, -0.05) is 41.0 Å². The van der Waals surface area contributed by atoms with E-state index in [0.717, 1.165) is 13.1 Å². The van der Waals surface area contributed by atoms with Gasteiger partial charge in [0, 0.05) is 19.1 Å². The fourth-order valence-corrected chi connectivity index (χ4v) is 2.28. The van der Waals surface area contributed by atoms with Crippen LogP contribution in [0.1, 0.15) is 67.2 Å². The zero-order chi connectivity index (χ0) is 14.0. The molecule has 0 rings (SSSR count). The van der Waals surface area contributed by atoms with Crippen LogP contribution < -0.4 is 5.32 Å². The van der Waals surface area contributed by atoms with E-state index in [4.69, 9.17) is 0 Å². The Balaban J connectivity index is 4.48. The number of unbranched alkanes of at least 4 members (excludes halogenated alkanes) is 1. The van der Waals surface area contributed by atoms with Crippen molar-refractivity contribution in [3.05, 3.63) is 0 Å². The van der Waals surface area contributed by atoms with Crippen LogP contribution in [0.4, 0.5) is 0 Å². The minimum absolute atomic E-state index is 0.410. The van der Waals surface area contributed by atoms with Crippen LogP contribution >= 0.6 is 0 Å². The molecule has 1 N–H and O–H groups in total. The molecule has 2 heteroatoms. The summed E-state index contributed by atoms with van der Waals surface area (Å²) in [5, 5.41) is 3.53. The second-order valence-electron chi connectivity index (χ2n) is 6.03. The van der Waals surface area contributed by atoms with Gasteiger partial charge in [0.2, 0.25) is 0 Å². The third kappa shape index (κ3) is 6.75. The molecule has 110 valence electrons. The van der Waals surface area contributed by atoms with E-state index in [-0.39, 0.29) is 0 Å². The maximum Gasteiger partial charge on any atom is 0.00645 e. The van der Waals surface area contributed by atoms with Crippen LogP contribution in [-0.2, 0) is 0 Å². The fraction of sp³-hybridized carbons (Fsp3) is 1.00. The largest absolute Gasteiger partial charge is 0.316 e. The van der Waals surface area contributed by atoms with Gasteiger partial charge in [-0.3, -0.25) is 0 Å². The highest BCUT2D eigenvalue weighted by atomic mass is 15.2. The summed E-state index contributed by atoms with van der Waals surface area (Å²) >= 11 is 0. The maximum atomic E-state index is 3.53. The van der Waals surface area contributed by atoms with Gasteiger partial charge in [0.05, 0.1) is 0 Å². The van der Waals surface area contributed by atoms with Gasteiger partial charge in [0.25, 0.3) is 0 Å². The summed E-state index contributed by atoms with van der Waals surface area (Å²) in [5.41, 5.74) is 0.410. The Kier molecular flexibility index (Phi) is 9.76. The third-order valence-corrected chi connectivity index (χ3v) is 4.25. The van der Waals surface area contributed by atoms with Gasteiger partial charge in [0.15, 0.2) is 0 Å². The summed E-state index contributed by atoms with van der Waals surface area (Å²) in [6.07, 6.45) is 5.12. The minimum Gasteiger partial charge on any atom is -0.316 e. The lowest BCUT2D eigenvalue weighted by atomic mass is 9.86. The zero-order valence-corrected chi connectivity index (χ0v) is 13.7. The van der Waals surface area contributed by atoms with Gasteiger partial charge < -0.3 is 10.2 Å². The summed E-state index contributed by atoms with van der Waals surface area (Å²) in [5.74, 6) is 0. The van der Waals surface area contributed by atoms with E-state index in [2.05, 4.69) is 51.8 Å². The second kappa shape index (κ2) is 9.80.